The van der Waals surface area contributed by atoms with E-state index in [-0.39, 0.29) is 5.34 Å². The van der Waals surface area contributed by atoms with E-state index in [0.717, 1.165) is 4.47 Å². The van der Waals surface area contributed by atoms with Gasteiger partial charge in [0.05, 0.1) is 5.34 Å². The Morgan fingerprint density at radius 2 is 1.50 bits per heavy atom. The lowest BCUT2D eigenvalue weighted by molar-refractivity contribution is 1.66. The van der Waals surface area contributed by atoms with Gasteiger partial charge >= 0.3 is 0 Å². The van der Waals surface area contributed by atoms with E-state index < -0.39 is 0 Å². The van der Waals surface area contributed by atoms with Crippen LogP contribution in [0.4, 0.5) is 0 Å². The van der Waals surface area contributed by atoms with Crippen LogP contribution in [0.25, 0.3) is 0 Å². The molecule has 3 heteroatoms. The molecule has 0 saturated heterocycles. The quantitative estimate of drug-likeness (QED) is 0.605. The van der Waals surface area contributed by atoms with Gasteiger partial charge in [0, 0.05) is 4.47 Å². The zero-order valence-corrected chi connectivity index (χ0v) is 8.33. The first kappa shape index (κ1) is 10.3. The maximum atomic E-state index is 4.76. The second-order valence-corrected chi connectivity index (χ2v) is 3.12. The molecule has 0 bridgehead atoms. The lowest BCUT2D eigenvalue weighted by Crippen LogP contribution is -1.55. The smallest absolute Gasteiger partial charge is 0.0967 e. The van der Waals surface area contributed by atoms with Gasteiger partial charge in [0.15, 0.2) is 0 Å². The molecule has 0 aromatic heterocycles. The number of benzene rings is 1. The summed E-state index contributed by atoms with van der Waals surface area (Å²) in [4.78, 5) is 0. The van der Waals surface area contributed by atoms with E-state index in [1.54, 1.807) is 0 Å². The fourth-order valence-corrected chi connectivity index (χ4v) is 0.720. The molecule has 0 radical (unpaired) electrons. The van der Waals surface area contributed by atoms with Gasteiger partial charge < -0.3 is 0 Å². The third-order valence-corrected chi connectivity index (χ3v) is 1.26. The average molecular weight is 242 g/mol. The molecular formula is C7H7BrCl2. The minimum absolute atomic E-state index is 0.194. The summed E-state index contributed by atoms with van der Waals surface area (Å²) in [7, 11) is 0. The van der Waals surface area contributed by atoms with E-state index in [1.165, 1.54) is 0 Å². The van der Waals surface area contributed by atoms with Crippen molar-refractivity contribution in [3.8, 4) is 0 Å². The largest absolute Gasteiger partial charge is 0.109 e. The Bertz CT molecular complexity index is 153. The van der Waals surface area contributed by atoms with E-state index >= 15 is 0 Å². The minimum Gasteiger partial charge on any atom is -0.109 e. The SMILES string of the molecule is Brc1ccccc1.ClCCl. The highest BCUT2D eigenvalue weighted by atomic mass is 79.9. The molecule has 0 aliphatic heterocycles. The highest BCUT2D eigenvalue weighted by Crippen LogP contribution is 2.05. The number of halogens is 3. The molecule has 0 saturated carbocycles. The Morgan fingerprint density at radius 1 is 1.10 bits per heavy atom. The van der Waals surface area contributed by atoms with E-state index in [2.05, 4.69) is 15.9 Å². The van der Waals surface area contributed by atoms with Crippen molar-refractivity contribution < 1.29 is 0 Å². The first-order valence-electron chi connectivity index (χ1n) is 2.63. The Morgan fingerprint density at radius 3 is 1.70 bits per heavy atom. The number of hydrogen-bond acceptors (Lipinski definition) is 0. The third-order valence-electron chi connectivity index (χ3n) is 0.733. The maximum absolute atomic E-state index is 4.76. The van der Waals surface area contributed by atoms with Gasteiger partial charge in [0.25, 0.3) is 0 Å². The van der Waals surface area contributed by atoms with Crippen LogP contribution in [0.15, 0.2) is 34.8 Å². The zero-order valence-electron chi connectivity index (χ0n) is 5.23. The molecule has 0 atom stereocenters. The van der Waals surface area contributed by atoms with Gasteiger partial charge in [0.1, 0.15) is 0 Å². The van der Waals surface area contributed by atoms with E-state index in [1.807, 2.05) is 30.3 Å². The average Bonchev–Trinajstić information content (AvgIpc) is 1.91. The van der Waals surface area contributed by atoms with Gasteiger partial charge in [-0.05, 0) is 12.1 Å². The Labute approximate surface area is 79.3 Å². The second-order valence-electron chi connectivity index (χ2n) is 1.40. The summed E-state index contributed by atoms with van der Waals surface area (Å²) in [6.45, 7) is 0. The molecule has 1 aromatic rings. The van der Waals surface area contributed by atoms with Crippen molar-refractivity contribution in [1.29, 1.82) is 0 Å². The summed E-state index contributed by atoms with van der Waals surface area (Å²) < 4.78 is 1.13. The van der Waals surface area contributed by atoms with Gasteiger partial charge in [-0.3, -0.25) is 0 Å². The number of hydrogen-bond donors (Lipinski definition) is 0. The van der Waals surface area contributed by atoms with Gasteiger partial charge in [-0.25, -0.2) is 0 Å². The summed E-state index contributed by atoms with van der Waals surface area (Å²) in [5.41, 5.74) is 0. The molecule has 0 nitrogen and oxygen atoms in total. The lowest BCUT2D eigenvalue weighted by Gasteiger charge is -1.80. The molecule has 0 unspecified atom stereocenters. The molecule has 0 fully saturated rings. The van der Waals surface area contributed by atoms with E-state index in [9.17, 15) is 0 Å². The first-order chi connectivity index (χ1) is 4.81. The van der Waals surface area contributed by atoms with Gasteiger partial charge in [0.2, 0.25) is 0 Å². The summed E-state index contributed by atoms with van der Waals surface area (Å²) >= 11 is 12.8. The predicted octanol–water partition coefficient (Wildman–Crippen LogP) is 3.87. The fraction of sp³-hybridized carbons (Fsp3) is 0.143. The Balaban J connectivity index is 0.000000236. The monoisotopic (exact) mass is 240 g/mol. The van der Waals surface area contributed by atoms with Gasteiger partial charge in [-0.2, -0.15) is 0 Å². The molecule has 1 aromatic carbocycles. The highest BCUT2D eigenvalue weighted by molar-refractivity contribution is 9.10. The molecule has 0 aliphatic carbocycles. The van der Waals surface area contributed by atoms with Crippen molar-refractivity contribution in [2.45, 2.75) is 0 Å². The minimum atomic E-state index is 0.194. The van der Waals surface area contributed by atoms with Crippen LogP contribution in [-0.2, 0) is 0 Å². The van der Waals surface area contributed by atoms with Crippen LogP contribution in [0, 0.1) is 0 Å². The van der Waals surface area contributed by atoms with Gasteiger partial charge in [-0.1, -0.05) is 34.1 Å². The molecule has 56 valence electrons. The molecule has 10 heavy (non-hydrogen) atoms. The first-order valence-corrected chi connectivity index (χ1v) is 4.50. The molecule has 0 amide bonds. The van der Waals surface area contributed by atoms with E-state index in [0.29, 0.717) is 0 Å². The third kappa shape index (κ3) is 6.40. The number of rotatable bonds is 0. The van der Waals surface area contributed by atoms with Crippen molar-refractivity contribution in [2.24, 2.45) is 0 Å². The van der Waals surface area contributed by atoms with Crippen LogP contribution in [-0.4, -0.2) is 5.34 Å². The highest BCUT2D eigenvalue weighted by Gasteiger charge is 1.74. The van der Waals surface area contributed by atoms with Gasteiger partial charge in [-0.15, -0.1) is 23.2 Å². The lowest BCUT2D eigenvalue weighted by atomic mass is 10.4. The summed E-state index contributed by atoms with van der Waals surface area (Å²) in [5.74, 6) is 0. The number of alkyl halides is 2. The Kier molecular flexibility index (Phi) is 7.59. The Hall–Kier alpha value is 0.280. The molecular weight excluding hydrogens is 235 g/mol. The summed E-state index contributed by atoms with van der Waals surface area (Å²) in [6.07, 6.45) is 0. The van der Waals surface area contributed by atoms with Crippen molar-refractivity contribution in [3.63, 3.8) is 0 Å². The predicted molar refractivity (Wildman–Crippen MR) is 50.7 cm³/mol. The maximum Gasteiger partial charge on any atom is 0.0967 e. The van der Waals surface area contributed by atoms with Crippen LogP contribution >= 0.6 is 39.1 Å². The van der Waals surface area contributed by atoms with Crippen molar-refractivity contribution in [3.05, 3.63) is 34.8 Å². The second kappa shape index (κ2) is 7.39. The normalized spacial score (nSPS) is 7.90. The molecule has 0 aliphatic rings. The molecule has 0 N–H and O–H groups in total. The van der Waals surface area contributed by atoms with Crippen molar-refractivity contribution in [1.82, 2.24) is 0 Å². The van der Waals surface area contributed by atoms with Crippen LogP contribution in [0.2, 0.25) is 0 Å². The molecule has 0 heterocycles. The van der Waals surface area contributed by atoms with Crippen molar-refractivity contribution in [2.75, 3.05) is 5.34 Å². The van der Waals surface area contributed by atoms with Crippen LogP contribution in [0.3, 0.4) is 0 Å². The van der Waals surface area contributed by atoms with Crippen LogP contribution in [0.1, 0.15) is 0 Å². The summed E-state index contributed by atoms with van der Waals surface area (Å²) in [6, 6.07) is 9.97. The van der Waals surface area contributed by atoms with E-state index in [4.69, 9.17) is 23.2 Å². The molecule has 0 spiro atoms. The van der Waals surface area contributed by atoms with Crippen LogP contribution in [0.5, 0.6) is 0 Å². The standard InChI is InChI=1S/C6H5Br.CH2Cl2/c7-6-4-2-1-3-5-6;2-1-3/h1-5H;1H2. The van der Waals surface area contributed by atoms with Crippen molar-refractivity contribution >= 4 is 39.1 Å². The molecule has 1 rings (SSSR count). The zero-order chi connectivity index (χ0) is 7.82. The fourth-order valence-electron chi connectivity index (χ4n) is 0.415. The summed E-state index contributed by atoms with van der Waals surface area (Å²) in [5, 5.41) is 0.194. The van der Waals surface area contributed by atoms with Crippen LogP contribution < -0.4 is 0 Å². The topological polar surface area (TPSA) is 0 Å².